The summed E-state index contributed by atoms with van der Waals surface area (Å²) in [6, 6.07) is 15.0. The van der Waals surface area contributed by atoms with Crippen molar-refractivity contribution in [3.05, 3.63) is 84.0 Å². The number of carbonyl (C=O) groups is 1. The quantitative estimate of drug-likeness (QED) is 0.685. The molecule has 0 bridgehead atoms. The first-order valence-electron chi connectivity index (χ1n) is 8.27. The van der Waals surface area contributed by atoms with Crippen LogP contribution in [0.15, 0.2) is 77.8 Å². The highest BCUT2D eigenvalue weighted by Gasteiger charge is 2.33. The number of para-hydroxylation sites is 1. The second-order valence-corrected chi connectivity index (χ2v) is 5.88. The normalized spacial score (nSPS) is 17.0. The lowest BCUT2D eigenvalue weighted by atomic mass is 9.94. The second-order valence-electron chi connectivity index (χ2n) is 5.88. The van der Waals surface area contributed by atoms with E-state index in [4.69, 9.17) is 0 Å². The Labute approximate surface area is 154 Å². The highest BCUT2D eigenvalue weighted by molar-refractivity contribution is 6.09. The van der Waals surface area contributed by atoms with E-state index in [0.717, 1.165) is 11.6 Å². The van der Waals surface area contributed by atoms with Crippen molar-refractivity contribution in [2.75, 3.05) is 6.54 Å². The molecular weight excluding hydrogens is 355 g/mol. The van der Waals surface area contributed by atoms with Crippen LogP contribution < -0.4 is 4.74 Å². The first-order valence-corrected chi connectivity index (χ1v) is 8.27. The fraction of sp³-hybridized carbons (Fsp3) is 0.143. The summed E-state index contributed by atoms with van der Waals surface area (Å²) in [4.78, 5) is 16.9. The maximum Gasteiger partial charge on any atom is 0.573 e. The van der Waals surface area contributed by atoms with Gasteiger partial charge in [-0.2, -0.15) is 0 Å². The third kappa shape index (κ3) is 5.17. The van der Waals surface area contributed by atoms with Crippen molar-refractivity contribution in [3.8, 4) is 5.75 Å². The van der Waals surface area contributed by atoms with Crippen LogP contribution in [0.25, 0.3) is 6.08 Å². The molecule has 0 fully saturated rings. The van der Waals surface area contributed by atoms with Gasteiger partial charge in [0.15, 0.2) is 5.78 Å². The fourth-order valence-corrected chi connectivity index (χ4v) is 2.64. The van der Waals surface area contributed by atoms with E-state index in [-0.39, 0.29) is 12.1 Å². The molecule has 2 aromatic carbocycles. The van der Waals surface area contributed by atoms with E-state index in [1.807, 2.05) is 42.5 Å². The maximum atomic E-state index is 12.6. The van der Waals surface area contributed by atoms with Gasteiger partial charge in [-0.05, 0) is 29.8 Å². The Kier molecular flexibility index (Phi) is 5.54. The van der Waals surface area contributed by atoms with Gasteiger partial charge >= 0.3 is 6.36 Å². The Balaban J connectivity index is 1.70. The number of ketones is 1. The van der Waals surface area contributed by atoms with E-state index in [0.29, 0.717) is 5.71 Å². The zero-order chi connectivity index (χ0) is 19.3. The summed E-state index contributed by atoms with van der Waals surface area (Å²) < 4.78 is 41.5. The van der Waals surface area contributed by atoms with Gasteiger partial charge in [0, 0.05) is 0 Å². The molecule has 0 aliphatic carbocycles. The Morgan fingerprint density at radius 3 is 2.41 bits per heavy atom. The van der Waals surface area contributed by atoms with Crippen LogP contribution >= 0.6 is 0 Å². The molecule has 0 aromatic heterocycles. The Morgan fingerprint density at radius 1 is 1.04 bits per heavy atom. The van der Waals surface area contributed by atoms with Crippen molar-refractivity contribution in [1.29, 1.82) is 0 Å². The van der Waals surface area contributed by atoms with Crippen molar-refractivity contribution >= 4 is 17.6 Å². The van der Waals surface area contributed by atoms with Gasteiger partial charge in [0.2, 0.25) is 0 Å². The minimum Gasteiger partial charge on any atom is -0.405 e. The predicted molar refractivity (Wildman–Crippen MR) is 97.9 cm³/mol. The zero-order valence-corrected chi connectivity index (χ0v) is 14.2. The molecule has 1 atom stereocenters. The number of nitrogens with zero attached hydrogens (tertiary/aromatic N) is 1. The summed E-state index contributed by atoms with van der Waals surface area (Å²) in [5, 5.41) is 0. The molecule has 3 rings (SSSR count). The topological polar surface area (TPSA) is 38.7 Å². The molecule has 0 saturated heterocycles. The Morgan fingerprint density at radius 2 is 1.74 bits per heavy atom. The Hall–Kier alpha value is -3.15. The fourth-order valence-electron chi connectivity index (χ4n) is 2.64. The minimum absolute atomic E-state index is 0.108. The zero-order valence-electron chi connectivity index (χ0n) is 14.2. The monoisotopic (exact) mass is 371 g/mol. The van der Waals surface area contributed by atoms with E-state index < -0.39 is 23.8 Å². The molecule has 138 valence electrons. The van der Waals surface area contributed by atoms with E-state index in [1.165, 1.54) is 18.2 Å². The minimum atomic E-state index is -4.85. The molecule has 1 heterocycles. The number of aliphatic imine (C=N–C) groups is 1. The van der Waals surface area contributed by atoms with E-state index in [2.05, 4.69) is 9.73 Å². The van der Waals surface area contributed by atoms with Gasteiger partial charge in [0.25, 0.3) is 0 Å². The first kappa shape index (κ1) is 18.6. The molecule has 2 aromatic rings. The standard InChI is InChI=1S/C21H16F3NO2/c22-21(23,24)27-19-9-5-4-8-18(19)20(26)16-11-13-17(25-14-16)12-10-15-6-2-1-3-7-15/h1-13,16H,14H2/b12-10+. The average Bonchev–Trinajstić information content (AvgIpc) is 2.66. The molecule has 6 heteroatoms. The summed E-state index contributed by atoms with van der Waals surface area (Å²) in [5.74, 6) is -1.58. The van der Waals surface area contributed by atoms with Gasteiger partial charge < -0.3 is 4.74 Å². The number of rotatable bonds is 5. The molecular formula is C21H16F3NO2. The van der Waals surface area contributed by atoms with Gasteiger partial charge in [-0.1, -0.05) is 54.6 Å². The average molecular weight is 371 g/mol. The van der Waals surface area contributed by atoms with Crippen LogP contribution in [0.3, 0.4) is 0 Å². The van der Waals surface area contributed by atoms with Crippen molar-refractivity contribution in [2.24, 2.45) is 10.9 Å². The molecule has 0 amide bonds. The smallest absolute Gasteiger partial charge is 0.405 e. The van der Waals surface area contributed by atoms with Crippen LogP contribution in [0, 0.1) is 5.92 Å². The van der Waals surface area contributed by atoms with Crippen molar-refractivity contribution in [2.45, 2.75) is 6.36 Å². The number of allylic oxidation sites excluding steroid dienone is 2. The molecule has 0 N–H and O–H groups in total. The van der Waals surface area contributed by atoms with Crippen molar-refractivity contribution in [1.82, 2.24) is 0 Å². The number of Topliss-reactive ketones (excluding diaryl/α,β-unsaturated/α-hetero) is 1. The maximum absolute atomic E-state index is 12.6. The van der Waals surface area contributed by atoms with Crippen LogP contribution in [0.4, 0.5) is 13.2 Å². The summed E-state index contributed by atoms with van der Waals surface area (Å²) >= 11 is 0. The van der Waals surface area contributed by atoms with Crippen LogP contribution in [-0.2, 0) is 0 Å². The molecule has 1 unspecified atom stereocenters. The van der Waals surface area contributed by atoms with Gasteiger partial charge in [-0.3, -0.25) is 9.79 Å². The second kappa shape index (κ2) is 8.03. The van der Waals surface area contributed by atoms with Crippen LogP contribution in [0.1, 0.15) is 15.9 Å². The highest BCUT2D eigenvalue weighted by atomic mass is 19.4. The highest BCUT2D eigenvalue weighted by Crippen LogP contribution is 2.28. The number of hydrogen-bond acceptors (Lipinski definition) is 3. The first-order chi connectivity index (χ1) is 12.9. The SMILES string of the molecule is O=C(c1ccccc1OC(F)(F)F)C1C=CC(/C=C/c2ccccc2)=NC1. The number of alkyl halides is 3. The lowest BCUT2D eigenvalue weighted by Crippen LogP contribution is -2.23. The number of carbonyl (C=O) groups excluding carboxylic acids is 1. The Bertz CT molecular complexity index is 899. The molecule has 27 heavy (non-hydrogen) atoms. The van der Waals surface area contributed by atoms with E-state index >= 15 is 0 Å². The number of halogens is 3. The van der Waals surface area contributed by atoms with Gasteiger partial charge in [-0.15, -0.1) is 13.2 Å². The van der Waals surface area contributed by atoms with Gasteiger partial charge in [0.05, 0.1) is 23.7 Å². The number of dihydropyridines is 1. The van der Waals surface area contributed by atoms with Crippen LogP contribution in [0.5, 0.6) is 5.75 Å². The molecule has 0 radical (unpaired) electrons. The summed E-state index contributed by atoms with van der Waals surface area (Å²) in [5.41, 5.74) is 1.61. The number of ether oxygens (including phenoxy) is 1. The third-order valence-corrected chi connectivity index (χ3v) is 3.93. The number of benzene rings is 2. The molecule has 3 nitrogen and oxygen atoms in total. The molecule has 1 aliphatic heterocycles. The molecule has 1 aliphatic rings. The third-order valence-electron chi connectivity index (χ3n) is 3.93. The summed E-state index contributed by atoms with van der Waals surface area (Å²) in [6.45, 7) is 0.171. The van der Waals surface area contributed by atoms with Crippen molar-refractivity contribution in [3.63, 3.8) is 0 Å². The van der Waals surface area contributed by atoms with E-state index in [9.17, 15) is 18.0 Å². The summed E-state index contributed by atoms with van der Waals surface area (Å²) in [7, 11) is 0. The van der Waals surface area contributed by atoms with Gasteiger partial charge in [-0.25, -0.2) is 0 Å². The van der Waals surface area contributed by atoms with Crippen LogP contribution in [-0.4, -0.2) is 24.4 Å². The summed E-state index contributed by atoms with van der Waals surface area (Å²) in [6.07, 6.45) is 2.22. The lowest BCUT2D eigenvalue weighted by Gasteiger charge is -2.17. The largest absolute Gasteiger partial charge is 0.573 e. The van der Waals surface area contributed by atoms with Crippen LogP contribution in [0.2, 0.25) is 0 Å². The van der Waals surface area contributed by atoms with E-state index in [1.54, 1.807) is 12.2 Å². The molecule has 0 saturated carbocycles. The molecule has 0 spiro atoms. The van der Waals surface area contributed by atoms with Gasteiger partial charge in [0.1, 0.15) is 5.75 Å². The lowest BCUT2D eigenvalue weighted by molar-refractivity contribution is -0.274. The predicted octanol–water partition coefficient (Wildman–Crippen LogP) is 5.11. The number of hydrogen-bond donors (Lipinski definition) is 0. The van der Waals surface area contributed by atoms with Crippen molar-refractivity contribution < 1.29 is 22.7 Å².